The molecule has 1 saturated carbocycles. The molecule has 0 saturated heterocycles. The summed E-state index contributed by atoms with van der Waals surface area (Å²) in [6.45, 7) is 10.0. The van der Waals surface area contributed by atoms with Gasteiger partial charge in [-0.05, 0) is 54.3 Å². The van der Waals surface area contributed by atoms with Gasteiger partial charge in [0.05, 0.1) is 0 Å². The van der Waals surface area contributed by atoms with Crippen LogP contribution in [-0.2, 0) is 0 Å². The minimum Gasteiger partial charge on any atom is -0.313 e. The van der Waals surface area contributed by atoms with Gasteiger partial charge in [0.25, 0.3) is 0 Å². The monoisotopic (exact) mass is 263 g/mol. The zero-order valence-corrected chi connectivity index (χ0v) is 12.5. The second kappa shape index (κ2) is 5.62. The largest absolute Gasteiger partial charge is 0.313 e. The van der Waals surface area contributed by atoms with E-state index in [1.54, 1.807) is 6.07 Å². The van der Waals surface area contributed by atoms with Crippen LogP contribution in [0.25, 0.3) is 0 Å². The fourth-order valence-corrected chi connectivity index (χ4v) is 4.39. The maximum atomic E-state index is 13.5. The Morgan fingerprint density at radius 1 is 1.21 bits per heavy atom. The minimum absolute atomic E-state index is 0.113. The summed E-state index contributed by atoms with van der Waals surface area (Å²) in [4.78, 5) is 0. The van der Waals surface area contributed by atoms with Gasteiger partial charge in [0, 0.05) is 6.04 Å². The van der Waals surface area contributed by atoms with Crippen molar-refractivity contribution in [2.24, 2.45) is 11.3 Å². The summed E-state index contributed by atoms with van der Waals surface area (Å²) in [5, 5.41) is 3.65. The van der Waals surface area contributed by atoms with Crippen molar-refractivity contribution in [3.05, 3.63) is 35.6 Å². The summed E-state index contributed by atoms with van der Waals surface area (Å²) in [6, 6.07) is 7.75. The first-order chi connectivity index (χ1) is 9.10. The van der Waals surface area contributed by atoms with Gasteiger partial charge in [-0.25, -0.2) is 4.39 Å². The van der Waals surface area contributed by atoms with Gasteiger partial charge < -0.3 is 5.32 Å². The third kappa shape index (κ3) is 2.20. The van der Waals surface area contributed by atoms with Crippen molar-refractivity contribution < 1.29 is 4.39 Å². The van der Waals surface area contributed by atoms with Gasteiger partial charge in [0.2, 0.25) is 0 Å². The highest BCUT2D eigenvalue weighted by Crippen LogP contribution is 2.60. The van der Waals surface area contributed by atoms with Crippen LogP contribution >= 0.6 is 0 Å². The summed E-state index contributed by atoms with van der Waals surface area (Å²) < 4.78 is 13.5. The van der Waals surface area contributed by atoms with E-state index >= 15 is 0 Å². The molecule has 0 bridgehead atoms. The number of hydrogen-bond acceptors (Lipinski definition) is 1. The SMILES string of the molecule is CCNC1C(C)C(c2cccc(F)c2)C1(CC)CC. The minimum atomic E-state index is -0.113. The summed E-state index contributed by atoms with van der Waals surface area (Å²) >= 11 is 0. The van der Waals surface area contributed by atoms with Gasteiger partial charge >= 0.3 is 0 Å². The second-order valence-electron chi connectivity index (χ2n) is 5.87. The number of hydrogen-bond donors (Lipinski definition) is 1. The molecule has 3 unspecified atom stereocenters. The van der Waals surface area contributed by atoms with E-state index in [4.69, 9.17) is 0 Å². The van der Waals surface area contributed by atoms with Crippen LogP contribution in [0.3, 0.4) is 0 Å². The van der Waals surface area contributed by atoms with E-state index in [0.717, 1.165) is 19.4 Å². The Balaban J connectivity index is 2.34. The highest BCUT2D eigenvalue weighted by Gasteiger charge is 2.57. The van der Waals surface area contributed by atoms with E-state index in [0.29, 0.717) is 17.9 Å². The van der Waals surface area contributed by atoms with Gasteiger partial charge in [-0.1, -0.05) is 39.8 Å². The number of halogens is 1. The highest BCUT2D eigenvalue weighted by atomic mass is 19.1. The van der Waals surface area contributed by atoms with Crippen LogP contribution in [0.2, 0.25) is 0 Å². The van der Waals surface area contributed by atoms with Gasteiger partial charge in [0.1, 0.15) is 5.82 Å². The van der Waals surface area contributed by atoms with Gasteiger partial charge in [-0.2, -0.15) is 0 Å². The molecule has 1 aromatic carbocycles. The van der Waals surface area contributed by atoms with Gasteiger partial charge in [-0.3, -0.25) is 0 Å². The third-order valence-electron chi connectivity index (χ3n) is 5.24. The van der Waals surface area contributed by atoms with Gasteiger partial charge in [-0.15, -0.1) is 0 Å². The van der Waals surface area contributed by atoms with Crippen molar-refractivity contribution in [2.45, 2.75) is 52.5 Å². The first-order valence-electron chi connectivity index (χ1n) is 7.59. The van der Waals surface area contributed by atoms with Crippen LogP contribution in [0.1, 0.15) is 52.0 Å². The van der Waals surface area contributed by atoms with Crippen molar-refractivity contribution in [2.75, 3.05) is 6.54 Å². The van der Waals surface area contributed by atoms with Crippen LogP contribution in [0.5, 0.6) is 0 Å². The molecule has 0 amide bonds. The van der Waals surface area contributed by atoms with E-state index in [2.05, 4.69) is 39.1 Å². The standard InChI is InChI=1S/C17H26FN/c1-5-17(6-2)15(12(4)16(17)19-7-3)13-9-8-10-14(18)11-13/h8-12,15-16,19H,5-7H2,1-4H3. The molecular formula is C17H26FN. The van der Waals surface area contributed by atoms with Crippen molar-refractivity contribution in [1.29, 1.82) is 0 Å². The number of rotatable bonds is 5. The molecule has 3 atom stereocenters. The Kier molecular flexibility index (Phi) is 4.29. The molecule has 1 N–H and O–H groups in total. The summed E-state index contributed by atoms with van der Waals surface area (Å²) in [5.74, 6) is 0.932. The molecule has 0 radical (unpaired) electrons. The van der Waals surface area contributed by atoms with E-state index in [1.165, 1.54) is 11.6 Å². The Bertz CT molecular complexity index is 425. The van der Waals surface area contributed by atoms with Crippen molar-refractivity contribution >= 4 is 0 Å². The lowest BCUT2D eigenvalue weighted by Gasteiger charge is -2.61. The first-order valence-corrected chi connectivity index (χ1v) is 7.59. The normalized spacial score (nSPS) is 29.0. The first kappa shape index (κ1) is 14.5. The molecule has 1 aliphatic rings. The Morgan fingerprint density at radius 2 is 1.89 bits per heavy atom. The molecule has 1 nitrogen and oxygen atoms in total. The molecule has 0 heterocycles. The zero-order chi connectivity index (χ0) is 14.0. The van der Waals surface area contributed by atoms with E-state index in [1.807, 2.05) is 6.07 Å². The molecule has 0 spiro atoms. The van der Waals surface area contributed by atoms with Crippen LogP contribution in [-0.4, -0.2) is 12.6 Å². The van der Waals surface area contributed by atoms with Crippen LogP contribution in [0, 0.1) is 17.2 Å². The van der Waals surface area contributed by atoms with Gasteiger partial charge in [0.15, 0.2) is 0 Å². The smallest absolute Gasteiger partial charge is 0.123 e. The van der Waals surface area contributed by atoms with Crippen molar-refractivity contribution in [3.8, 4) is 0 Å². The predicted molar refractivity (Wildman–Crippen MR) is 78.8 cm³/mol. The Labute approximate surface area is 116 Å². The second-order valence-corrected chi connectivity index (χ2v) is 5.87. The van der Waals surface area contributed by atoms with E-state index in [9.17, 15) is 4.39 Å². The molecule has 1 fully saturated rings. The molecule has 0 aliphatic heterocycles. The fourth-order valence-electron chi connectivity index (χ4n) is 4.39. The Hall–Kier alpha value is -0.890. The molecule has 1 aliphatic carbocycles. The average Bonchev–Trinajstić information content (AvgIpc) is 2.41. The van der Waals surface area contributed by atoms with Crippen LogP contribution < -0.4 is 5.32 Å². The summed E-state index contributed by atoms with van der Waals surface area (Å²) in [7, 11) is 0. The summed E-state index contributed by atoms with van der Waals surface area (Å²) in [5.41, 5.74) is 1.45. The average molecular weight is 263 g/mol. The number of benzene rings is 1. The quantitative estimate of drug-likeness (QED) is 0.833. The molecular weight excluding hydrogens is 237 g/mol. The Morgan fingerprint density at radius 3 is 2.42 bits per heavy atom. The summed E-state index contributed by atoms with van der Waals surface area (Å²) in [6.07, 6.45) is 2.29. The lowest BCUT2D eigenvalue weighted by Crippen LogP contribution is -2.63. The molecule has 1 aromatic rings. The predicted octanol–water partition coefficient (Wildman–Crippen LogP) is 4.34. The van der Waals surface area contributed by atoms with E-state index < -0.39 is 0 Å². The topological polar surface area (TPSA) is 12.0 Å². The lowest BCUT2D eigenvalue weighted by molar-refractivity contribution is -0.0387. The van der Waals surface area contributed by atoms with Crippen molar-refractivity contribution in [3.63, 3.8) is 0 Å². The maximum Gasteiger partial charge on any atom is 0.123 e. The highest BCUT2D eigenvalue weighted by molar-refractivity contribution is 5.31. The molecule has 106 valence electrons. The molecule has 2 heteroatoms. The number of nitrogens with one attached hydrogen (secondary N) is 1. The van der Waals surface area contributed by atoms with E-state index in [-0.39, 0.29) is 11.2 Å². The van der Waals surface area contributed by atoms with Crippen LogP contribution in [0.15, 0.2) is 24.3 Å². The molecule has 19 heavy (non-hydrogen) atoms. The maximum absolute atomic E-state index is 13.5. The third-order valence-corrected chi connectivity index (χ3v) is 5.24. The lowest BCUT2D eigenvalue weighted by atomic mass is 9.46. The molecule has 2 rings (SSSR count). The van der Waals surface area contributed by atoms with Crippen molar-refractivity contribution in [1.82, 2.24) is 5.32 Å². The molecule has 0 aromatic heterocycles. The van der Waals surface area contributed by atoms with Crippen LogP contribution in [0.4, 0.5) is 4.39 Å². The fraction of sp³-hybridized carbons (Fsp3) is 0.647. The zero-order valence-electron chi connectivity index (χ0n) is 12.5.